The van der Waals surface area contributed by atoms with Crippen LogP contribution in [0.25, 0.3) is 0 Å². The number of ether oxygens (including phenoxy) is 3. The monoisotopic (exact) mass is 676 g/mol. The number of rotatable bonds is 6. The number of hydrogen-bond donors (Lipinski definition) is 0. The van der Waals surface area contributed by atoms with Gasteiger partial charge in [-0.05, 0) is 96.2 Å². The van der Waals surface area contributed by atoms with E-state index in [1.54, 1.807) is 0 Å². The molecule has 5 heterocycles. The topological polar surface area (TPSA) is 68.3 Å². The van der Waals surface area contributed by atoms with Gasteiger partial charge in [-0.3, -0.25) is 9.59 Å². The van der Waals surface area contributed by atoms with E-state index in [0.717, 1.165) is 64.5 Å². The summed E-state index contributed by atoms with van der Waals surface area (Å²) >= 11 is 0. The number of fused-ring (bicyclic) bond motifs is 4. The molecule has 0 saturated carbocycles. The van der Waals surface area contributed by atoms with Crippen molar-refractivity contribution in [2.75, 3.05) is 26.2 Å². The van der Waals surface area contributed by atoms with Crippen molar-refractivity contribution in [3.63, 3.8) is 0 Å². The van der Waals surface area contributed by atoms with Crippen molar-refractivity contribution in [1.29, 1.82) is 0 Å². The number of nitrogens with zero attached hydrogens (tertiary/aromatic N) is 2. The van der Waals surface area contributed by atoms with Gasteiger partial charge >= 0.3 is 5.97 Å². The van der Waals surface area contributed by atoms with Crippen molar-refractivity contribution in [3.05, 3.63) is 60.3 Å². The number of likely N-dealkylation sites (tertiary alicyclic amines) is 2. The Morgan fingerprint density at radius 3 is 2.22 bits per heavy atom. The van der Waals surface area contributed by atoms with Crippen molar-refractivity contribution >= 4 is 11.9 Å². The maximum atomic E-state index is 13.3. The smallest absolute Gasteiger partial charge is 0.309 e. The quantitative estimate of drug-likeness (QED) is 0.160. The Bertz CT molecular complexity index is 1190. The summed E-state index contributed by atoms with van der Waals surface area (Å²) in [4.78, 5) is 30.9. The van der Waals surface area contributed by atoms with Gasteiger partial charge in [-0.15, -0.1) is 0 Å². The van der Waals surface area contributed by atoms with Crippen molar-refractivity contribution in [1.82, 2.24) is 9.80 Å². The SMILES string of the molecule is C/C=C1\CC2CC(=O)OC(/C=C/C=C\C=C\CC(=O)N3CCC(N4CCCCCC4)CC3)C(C)/C=C/C(C)CC3CCCC(CC(C1)O2)O3. The minimum absolute atomic E-state index is 0.0201. The molecule has 0 N–H and O–H groups in total. The van der Waals surface area contributed by atoms with Gasteiger partial charge in [-0.2, -0.15) is 0 Å². The van der Waals surface area contributed by atoms with Crippen LogP contribution in [0.5, 0.6) is 0 Å². The first-order valence-electron chi connectivity index (χ1n) is 19.7. The summed E-state index contributed by atoms with van der Waals surface area (Å²) in [6, 6.07) is 0.644. The molecule has 0 aromatic heterocycles. The van der Waals surface area contributed by atoms with E-state index in [1.165, 1.54) is 50.8 Å². The fraction of sp³-hybridized carbons (Fsp3) is 0.714. The highest BCUT2D eigenvalue weighted by Gasteiger charge is 2.33. The highest BCUT2D eigenvalue weighted by molar-refractivity contribution is 5.77. The van der Waals surface area contributed by atoms with Crippen LogP contribution in [0.15, 0.2) is 60.3 Å². The number of piperidine rings is 1. The van der Waals surface area contributed by atoms with Gasteiger partial charge in [-0.25, -0.2) is 0 Å². The molecule has 272 valence electrons. The molecular formula is C42H64N2O5. The molecule has 5 aliphatic heterocycles. The van der Waals surface area contributed by atoms with Gasteiger partial charge in [0.05, 0.1) is 30.8 Å². The molecule has 7 heteroatoms. The Morgan fingerprint density at radius 2 is 1.47 bits per heavy atom. The fourth-order valence-corrected chi connectivity index (χ4v) is 8.45. The van der Waals surface area contributed by atoms with Crippen LogP contribution in [-0.2, 0) is 23.8 Å². The number of amides is 1. The Balaban J connectivity index is 1.13. The van der Waals surface area contributed by atoms with Gasteiger partial charge < -0.3 is 24.0 Å². The Morgan fingerprint density at radius 1 is 0.776 bits per heavy atom. The third-order valence-corrected chi connectivity index (χ3v) is 11.3. The van der Waals surface area contributed by atoms with E-state index < -0.39 is 0 Å². The minimum Gasteiger partial charge on any atom is -0.457 e. The van der Waals surface area contributed by atoms with Crippen LogP contribution in [0.4, 0.5) is 0 Å². The largest absolute Gasteiger partial charge is 0.457 e. The predicted octanol–water partition coefficient (Wildman–Crippen LogP) is 8.27. The highest BCUT2D eigenvalue weighted by Crippen LogP contribution is 2.33. The van der Waals surface area contributed by atoms with Crippen molar-refractivity contribution < 1.29 is 23.8 Å². The zero-order valence-corrected chi connectivity index (χ0v) is 30.7. The number of cyclic esters (lactones) is 1. The minimum atomic E-state index is -0.382. The van der Waals surface area contributed by atoms with Crippen LogP contribution >= 0.6 is 0 Å². The third kappa shape index (κ3) is 12.4. The summed E-state index contributed by atoms with van der Waals surface area (Å²) < 4.78 is 19.2. The second-order valence-electron chi connectivity index (χ2n) is 15.4. The average molecular weight is 677 g/mol. The molecule has 5 rings (SSSR count). The second kappa shape index (κ2) is 19.8. The number of allylic oxidation sites excluding steroid dienone is 6. The van der Waals surface area contributed by atoms with E-state index in [9.17, 15) is 9.59 Å². The van der Waals surface area contributed by atoms with Gasteiger partial charge in [0.25, 0.3) is 0 Å². The highest BCUT2D eigenvalue weighted by atomic mass is 16.5. The van der Waals surface area contributed by atoms with Crippen LogP contribution in [0, 0.1) is 11.8 Å². The van der Waals surface area contributed by atoms with Gasteiger partial charge in [0.15, 0.2) is 0 Å². The molecule has 0 aromatic carbocycles. The number of esters is 1. The van der Waals surface area contributed by atoms with Crippen molar-refractivity contribution in [3.8, 4) is 0 Å². The van der Waals surface area contributed by atoms with E-state index >= 15 is 0 Å². The summed E-state index contributed by atoms with van der Waals surface area (Å²) in [5.41, 5.74) is 1.36. The second-order valence-corrected chi connectivity index (χ2v) is 15.4. The Kier molecular flexibility index (Phi) is 15.3. The molecule has 7 nitrogen and oxygen atoms in total. The van der Waals surface area contributed by atoms with E-state index in [-0.39, 0.29) is 54.7 Å². The van der Waals surface area contributed by atoms with E-state index in [2.05, 4.69) is 43.9 Å². The van der Waals surface area contributed by atoms with E-state index in [4.69, 9.17) is 14.2 Å². The lowest BCUT2D eigenvalue weighted by atomic mass is 9.90. The first-order valence-corrected chi connectivity index (χ1v) is 19.7. The van der Waals surface area contributed by atoms with E-state index in [0.29, 0.717) is 18.4 Å². The normalized spacial score (nSPS) is 35.2. The molecule has 5 aliphatic rings. The molecule has 0 aromatic rings. The van der Waals surface area contributed by atoms with Crippen LogP contribution in [0.1, 0.15) is 117 Å². The third-order valence-electron chi connectivity index (χ3n) is 11.3. The van der Waals surface area contributed by atoms with Gasteiger partial charge in [0, 0.05) is 37.9 Å². The summed E-state index contributed by atoms with van der Waals surface area (Å²) in [7, 11) is 0. The molecule has 4 bridgehead atoms. The number of hydrogen-bond acceptors (Lipinski definition) is 6. The summed E-state index contributed by atoms with van der Waals surface area (Å²) in [6.45, 7) is 10.6. The molecule has 49 heavy (non-hydrogen) atoms. The molecule has 4 saturated heterocycles. The summed E-state index contributed by atoms with van der Waals surface area (Å²) in [6.07, 6.45) is 33.6. The van der Waals surface area contributed by atoms with Crippen molar-refractivity contribution in [2.45, 2.75) is 154 Å². The van der Waals surface area contributed by atoms with Crippen molar-refractivity contribution in [2.24, 2.45) is 11.8 Å². The van der Waals surface area contributed by atoms with Gasteiger partial charge in [-0.1, -0.05) is 80.9 Å². The molecule has 1 amide bonds. The van der Waals surface area contributed by atoms with Crippen LogP contribution < -0.4 is 0 Å². The standard InChI is InChI=1S/C42H64N2O5/c1-4-34-28-38-30-37-16-14-15-36(47-37)27-32(2)19-20-33(3)40(49-42(46)31-39(29-34)48-38)17-10-6-5-7-11-18-41(45)44-25-21-35(22-26-44)43-23-12-8-9-13-24-43/h4-7,10-11,17,19-20,32-33,35-40H,8-9,12-16,18,21-31H2,1-3H3/b6-5-,11-7+,17-10+,20-19+,34-4-. The molecule has 4 fully saturated rings. The van der Waals surface area contributed by atoms with Crippen LogP contribution in [0.2, 0.25) is 0 Å². The summed E-state index contributed by atoms with van der Waals surface area (Å²) in [5, 5.41) is 0. The Labute approximate surface area is 296 Å². The fourth-order valence-electron chi connectivity index (χ4n) is 8.45. The van der Waals surface area contributed by atoms with E-state index in [1.807, 2.05) is 41.4 Å². The summed E-state index contributed by atoms with van der Waals surface area (Å²) in [5.74, 6) is 0.393. The lowest BCUT2D eigenvalue weighted by molar-refractivity contribution is -0.154. The number of carbonyl (C=O) groups excluding carboxylic acids is 2. The lowest BCUT2D eigenvalue weighted by Gasteiger charge is -2.38. The van der Waals surface area contributed by atoms with Crippen LogP contribution in [-0.4, -0.2) is 84.4 Å². The number of carbonyl (C=O) groups is 2. The first-order chi connectivity index (χ1) is 23.9. The van der Waals surface area contributed by atoms with Gasteiger partial charge in [0.2, 0.25) is 5.91 Å². The Hall–Kier alpha value is -2.48. The van der Waals surface area contributed by atoms with Crippen LogP contribution in [0.3, 0.4) is 0 Å². The molecular weight excluding hydrogens is 612 g/mol. The van der Waals surface area contributed by atoms with Gasteiger partial charge in [0.1, 0.15) is 6.10 Å². The molecule has 0 spiro atoms. The zero-order valence-electron chi connectivity index (χ0n) is 30.7. The molecule has 0 radical (unpaired) electrons. The average Bonchev–Trinajstić information content (AvgIpc) is 3.39. The molecule has 7 unspecified atom stereocenters. The first kappa shape index (κ1) is 37.8. The molecule has 7 atom stereocenters. The molecule has 0 aliphatic carbocycles. The lowest BCUT2D eigenvalue weighted by Crippen LogP contribution is -2.46. The predicted molar refractivity (Wildman–Crippen MR) is 197 cm³/mol. The zero-order chi connectivity index (χ0) is 34.4. The maximum absolute atomic E-state index is 13.3. The maximum Gasteiger partial charge on any atom is 0.309 e.